The van der Waals surface area contributed by atoms with Crippen molar-refractivity contribution >= 4 is 0 Å². The lowest BCUT2D eigenvalue weighted by Gasteiger charge is -2.34. The third-order valence-electron chi connectivity index (χ3n) is 2.34. The lowest BCUT2D eigenvalue weighted by molar-refractivity contribution is 0.220. The largest absolute Gasteiger partial charge is 0.326 e. The fraction of sp³-hybridized carbons (Fsp3) is 1.00. The van der Waals surface area contributed by atoms with E-state index < -0.39 is 0 Å². The summed E-state index contributed by atoms with van der Waals surface area (Å²) in [4.78, 5) is 0. The van der Waals surface area contributed by atoms with E-state index in [1.165, 1.54) is 6.42 Å². The normalized spacial score (nSPS) is 17.5. The van der Waals surface area contributed by atoms with Gasteiger partial charge < -0.3 is 11.1 Å². The minimum absolute atomic E-state index is 0.0540. The summed E-state index contributed by atoms with van der Waals surface area (Å²) in [5.41, 5.74) is 6.29. The van der Waals surface area contributed by atoms with Gasteiger partial charge in [-0.2, -0.15) is 0 Å². The number of hydrogen-bond acceptors (Lipinski definition) is 2. The van der Waals surface area contributed by atoms with E-state index in [4.69, 9.17) is 5.73 Å². The van der Waals surface area contributed by atoms with Crippen LogP contribution in [0, 0.1) is 5.41 Å². The van der Waals surface area contributed by atoms with Gasteiger partial charge in [0.2, 0.25) is 0 Å². The Hall–Kier alpha value is -0.0800. The number of hydrogen-bond donors (Lipinski definition) is 2. The summed E-state index contributed by atoms with van der Waals surface area (Å²) in [6.45, 7) is 9.75. The molecule has 2 nitrogen and oxygen atoms in total. The third-order valence-corrected chi connectivity index (χ3v) is 2.34. The smallest absolute Gasteiger partial charge is 0.0103 e. The van der Waals surface area contributed by atoms with Crippen molar-refractivity contribution in [2.24, 2.45) is 11.1 Å². The van der Waals surface area contributed by atoms with Crippen LogP contribution in [0.5, 0.6) is 0 Å². The van der Waals surface area contributed by atoms with Gasteiger partial charge in [-0.15, -0.1) is 0 Å². The van der Waals surface area contributed by atoms with Crippen LogP contribution < -0.4 is 11.1 Å². The molecule has 1 unspecified atom stereocenters. The molecule has 0 saturated heterocycles. The van der Waals surface area contributed by atoms with Gasteiger partial charge in [0.1, 0.15) is 0 Å². The molecule has 0 aromatic heterocycles. The maximum atomic E-state index is 6.00. The van der Waals surface area contributed by atoms with Gasteiger partial charge >= 0.3 is 0 Å². The Morgan fingerprint density at radius 1 is 1.25 bits per heavy atom. The first-order valence-corrected chi connectivity index (χ1v) is 4.76. The maximum Gasteiger partial charge on any atom is 0.0103 e. The van der Waals surface area contributed by atoms with Gasteiger partial charge in [-0.1, -0.05) is 13.8 Å². The maximum absolute atomic E-state index is 6.00. The zero-order valence-electron chi connectivity index (χ0n) is 9.20. The molecule has 3 N–H and O–H groups in total. The Labute approximate surface area is 76.9 Å². The predicted molar refractivity (Wildman–Crippen MR) is 55.2 cm³/mol. The second kappa shape index (κ2) is 4.24. The van der Waals surface area contributed by atoms with Gasteiger partial charge in [0.25, 0.3) is 0 Å². The highest BCUT2D eigenvalue weighted by atomic mass is 14.8. The van der Waals surface area contributed by atoms with Crippen LogP contribution in [0.3, 0.4) is 0 Å². The van der Waals surface area contributed by atoms with Crippen molar-refractivity contribution < 1.29 is 0 Å². The molecule has 0 aromatic rings. The van der Waals surface area contributed by atoms with Crippen molar-refractivity contribution in [2.45, 2.75) is 46.1 Å². The highest BCUT2D eigenvalue weighted by Crippen LogP contribution is 2.29. The molecule has 0 heterocycles. The van der Waals surface area contributed by atoms with E-state index in [0.29, 0.717) is 5.41 Å². The van der Waals surface area contributed by atoms with E-state index in [0.717, 1.165) is 13.0 Å². The summed E-state index contributed by atoms with van der Waals surface area (Å²) in [5, 5.41) is 3.23. The molecule has 0 saturated carbocycles. The van der Waals surface area contributed by atoms with Crippen molar-refractivity contribution in [1.82, 2.24) is 5.32 Å². The van der Waals surface area contributed by atoms with Crippen molar-refractivity contribution in [3.8, 4) is 0 Å². The van der Waals surface area contributed by atoms with Crippen LogP contribution in [0.1, 0.15) is 40.5 Å². The summed E-state index contributed by atoms with van der Waals surface area (Å²) in [7, 11) is 2.00. The lowest BCUT2D eigenvalue weighted by atomic mass is 9.77. The Kier molecular flexibility index (Phi) is 4.21. The minimum Gasteiger partial charge on any atom is -0.326 e. The van der Waals surface area contributed by atoms with E-state index in [1.54, 1.807) is 0 Å². The van der Waals surface area contributed by atoms with Crippen molar-refractivity contribution in [2.75, 3.05) is 13.6 Å². The molecule has 0 radical (unpaired) electrons. The number of nitrogens with one attached hydrogen (secondary N) is 1. The monoisotopic (exact) mass is 172 g/mol. The van der Waals surface area contributed by atoms with Crippen LogP contribution in [0.25, 0.3) is 0 Å². The molecule has 0 fully saturated rings. The second-order valence-electron chi connectivity index (χ2n) is 4.86. The molecule has 2 heteroatoms. The van der Waals surface area contributed by atoms with Gasteiger partial charge in [0.15, 0.2) is 0 Å². The topological polar surface area (TPSA) is 38.0 Å². The minimum atomic E-state index is -0.0540. The Morgan fingerprint density at radius 3 is 2.00 bits per heavy atom. The summed E-state index contributed by atoms with van der Waals surface area (Å²) in [6.07, 6.45) is 2.24. The zero-order valence-corrected chi connectivity index (χ0v) is 9.20. The highest BCUT2D eigenvalue weighted by molar-refractivity contribution is 4.85. The molecule has 0 aliphatic rings. The average Bonchev–Trinajstić information content (AvgIpc) is 1.84. The number of nitrogens with two attached hydrogens (primary N) is 1. The Balaban J connectivity index is 4.14. The zero-order chi connectivity index (χ0) is 9.83. The van der Waals surface area contributed by atoms with Crippen LogP contribution in [-0.2, 0) is 0 Å². The average molecular weight is 172 g/mol. The molecule has 0 spiro atoms. The van der Waals surface area contributed by atoms with Crippen LogP contribution >= 0.6 is 0 Å². The first-order valence-electron chi connectivity index (χ1n) is 4.76. The summed E-state index contributed by atoms with van der Waals surface area (Å²) in [6, 6.07) is 0. The van der Waals surface area contributed by atoms with Crippen LogP contribution in [0.15, 0.2) is 0 Å². The van der Waals surface area contributed by atoms with Gasteiger partial charge in [-0.05, 0) is 39.2 Å². The van der Waals surface area contributed by atoms with Crippen molar-refractivity contribution in [3.63, 3.8) is 0 Å². The molecular weight excluding hydrogens is 148 g/mol. The standard InChI is InChI=1S/C10H24N2/c1-6-10(4,8-12-5)7-9(2,3)11/h12H,6-8,11H2,1-5H3. The molecule has 0 rings (SSSR count). The molecule has 12 heavy (non-hydrogen) atoms. The number of rotatable bonds is 5. The van der Waals surface area contributed by atoms with E-state index in [1.807, 2.05) is 7.05 Å². The van der Waals surface area contributed by atoms with Gasteiger partial charge in [0.05, 0.1) is 0 Å². The van der Waals surface area contributed by atoms with Crippen molar-refractivity contribution in [3.05, 3.63) is 0 Å². The SMILES string of the molecule is CCC(C)(CNC)CC(C)(C)N. The first-order chi connectivity index (χ1) is 5.33. The predicted octanol–water partition coefficient (Wildman–Crippen LogP) is 1.75. The Morgan fingerprint density at radius 2 is 1.75 bits per heavy atom. The van der Waals surface area contributed by atoms with E-state index in [-0.39, 0.29) is 5.54 Å². The molecule has 0 bridgehead atoms. The molecule has 0 aliphatic heterocycles. The van der Waals surface area contributed by atoms with Gasteiger partial charge in [-0.3, -0.25) is 0 Å². The van der Waals surface area contributed by atoms with Crippen molar-refractivity contribution in [1.29, 1.82) is 0 Å². The van der Waals surface area contributed by atoms with Gasteiger partial charge in [-0.25, -0.2) is 0 Å². The van der Waals surface area contributed by atoms with Gasteiger partial charge in [0, 0.05) is 12.1 Å². The lowest BCUT2D eigenvalue weighted by Crippen LogP contribution is -2.42. The molecular formula is C10H24N2. The fourth-order valence-electron chi connectivity index (χ4n) is 1.84. The summed E-state index contributed by atoms with van der Waals surface area (Å²) >= 11 is 0. The molecule has 0 aromatic carbocycles. The van der Waals surface area contributed by atoms with E-state index in [2.05, 4.69) is 33.0 Å². The van der Waals surface area contributed by atoms with Crippen LogP contribution in [0.2, 0.25) is 0 Å². The van der Waals surface area contributed by atoms with E-state index >= 15 is 0 Å². The molecule has 1 atom stereocenters. The molecule has 0 aliphatic carbocycles. The first kappa shape index (κ1) is 11.9. The Bertz CT molecular complexity index is 126. The quantitative estimate of drug-likeness (QED) is 0.663. The van der Waals surface area contributed by atoms with Crippen LogP contribution in [0.4, 0.5) is 0 Å². The van der Waals surface area contributed by atoms with E-state index in [9.17, 15) is 0 Å². The molecule has 74 valence electrons. The molecule has 0 amide bonds. The van der Waals surface area contributed by atoms with Crippen LogP contribution in [-0.4, -0.2) is 19.1 Å². The second-order valence-corrected chi connectivity index (χ2v) is 4.86. The summed E-state index contributed by atoms with van der Waals surface area (Å²) in [5.74, 6) is 0. The third kappa shape index (κ3) is 4.73. The summed E-state index contributed by atoms with van der Waals surface area (Å²) < 4.78 is 0. The highest BCUT2D eigenvalue weighted by Gasteiger charge is 2.27. The fourth-order valence-corrected chi connectivity index (χ4v) is 1.84.